The molecule has 0 saturated heterocycles. The second kappa shape index (κ2) is 6.30. The largest absolute Gasteiger partial charge is 0.347 e. The maximum atomic E-state index is 8.94. The molecule has 0 fully saturated rings. The van der Waals surface area contributed by atoms with Gasteiger partial charge in [-0.2, -0.15) is 5.26 Å². The Labute approximate surface area is 117 Å². The number of nitrogens with one attached hydrogen (secondary N) is 1. The van der Waals surface area contributed by atoms with Gasteiger partial charge >= 0.3 is 0 Å². The number of aryl methyl sites for hydroxylation is 1. The van der Waals surface area contributed by atoms with Crippen molar-refractivity contribution in [2.75, 3.05) is 5.32 Å². The maximum absolute atomic E-state index is 8.94. The molecule has 98 valence electrons. The normalized spacial score (nSPS) is 11.8. The van der Waals surface area contributed by atoms with Gasteiger partial charge in [-0.3, -0.25) is 0 Å². The van der Waals surface area contributed by atoms with Crippen molar-refractivity contribution in [2.45, 2.75) is 32.7 Å². The van der Waals surface area contributed by atoms with Crippen LogP contribution in [0.4, 0.5) is 5.95 Å². The Balaban J connectivity index is 2.22. The molecule has 1 N–H and O–H groups in total. The van der Waals surface area contributed by atoms with E-state index in [1.54, 1.807) is 17.4 Å². The second-order valence-electron chi connectivity index (χ2n) is 4.33. The fourth-order valence-electron chi connectivity index (χ4n) is 1.91. The lowest BCUT2D eigenvalue weighted by molar-refractivity contribution is 0.680. The third-order valence-electron chi connectivity index (χ3n) is 2.74. The fraction of sp³-hybridized carbons (Fsp3) is 0.357. The summed E-state index contributed by atoms with van der Waals surface area (Å²) in [7, 11) is 0. The van der Waals surface area contributed by atoms with Gasteiger partial charge in [0, 0.05) is 10.6 Å². The van der Waals surface area contributed by atoms with Gasteiger partial charge in [0.05, 0.1) is 6.04 Å². The summed E-state index contributed by atoms with van der Waals surface area (Å²) < 4.78 is 0. The number of aromatic nitrogens is 2. The van der Waals surface area contributed by atoms with Crippen LogP contribution in [0.5, 0.6) is 0 Å². The molecule has 0 saturated carbocycles. The van der Waals surface area contributed by atoms with E-state index in [9.17, 15) is 0 Å². The first-order chi connectivity index (χ1) is 9.22. The van der Waals surface area contributed by atoms with Gasteiger partial charge in [-0.1, -0.05) is 19.4 Å². The molecule has 0 aromatic carbocycles. The van der Waals surface area contributed by atoms with Crippen LogP contribution in [0, 0.1) is 18.3 Å². The summed E-state index contributed by atoms with van der Waals surface area (Å²) in [5, 5.41) is 14.3. The van der Waals surface area contributed by atoms with Crippen molar-refractivity contribution in [1.29, 1.82) is 5.26 Å². The maximum Gasteiger partial charge on any atom is 0.224 e. The number of anilines is 1. The summed E-state index contributed by atoms with van der Waals surface area (Å²) in [6.45, 7) is 4.02. The van der Waals surface area contributed by atoms with Crippen LogP contribution in [0.25, 0.3) is 0 Å². The Hall–Kier alpha value is -1.93. The van der Waals surface area contributed by atoms with E-state index in [0.717, 1.165) is 18.5 Å². The highest BCUT2D eigenvalue weighted by atomic mass is 32.1. The lowest BCUT2D eigenvalue weighted by atomic mass is 10.1. The first-order valence-electron chi connectivity index (χ1n) is 6.28. The summed E-state index contributed by atoms with van der Waals surface area (Å²) in [5.74, 6) is 0.531. The topological polar surface area (TPSA) is 61.6 Å². The molecule has 5 heteroatoms. The molecule has 1 unspecified atom stereocenters. The molecule has 0 bridgehead atoms. The van der Waals surface area contributed by atoms with Gasteiger partial charge in [0.25, 0.3) is 0 Å². The van der Waals surface area contributed by atoms with Crippen LogP contribution in [0.1, 0.15) is 42.1 Å². The summed E-state index contributed by atoms with van der Waals surface area (Å²) in [4.78, 5) is 9.82. The van der Waals surface area contributed by atoms with Gasteiger partial charge in [0.1, 0.15) is 11.8 Å². The highest BCUT2D eigenvalue weighted by Crippen LogP contribution is 2.26. The quantitative estimate of drug-likeness (QED) is 0.902. The van der Waals surface area contributed by atoms with Crippen molar-refractivity contribution in [2.24, 2.45) is 0 Å². The molecule has 2 rings (SSSR count). The lowest BCUT2D eigenvalue weighted by Crippen LogP contribution is -2.12. The molecule has 0 aliphatic rings. The van der Waals surface area contributed by atoms with Gasteiger partial charge in [-0.05, 0) is 30.9 Å². The van der Waals surface area contributed by atoms with Crippen LogP contribution in [0.2, 0.25) is 0 Å². The molecule has 0 radical (unpaired) electrons. The molecular formula is C14H16N4S. The third kappa shape index (κ3) is 3.52. The lowest BCUT2D eigenvalue weighted by Gasteiger charge is -2.16. The molecule has 1 atom stereocenters. The molecule has 2 aromatic rings. The van der Waals surface area contributed by atoms with Crippen molar-refractivity contribution < 1.29 is 0 Å². The SMILES string of the molecule is CCCC(Nc1nc(C)cc(C#N)n1)c1cccs1. The van der Waals surface area contributed by atoms with Crippen molar-refractivity contribution in [1.82, 2.24) is 9.97 Å². The fourth-order valence-corrected chi connectivity index (χ4v) is 2.72. The first-order valence-corrected chi connectivity index (χ1v) is 7.16. The molecule has 2 heterocycles. The predicted molar refractivity (Wildman–Crippen MR) is 77.1 cm³/mol. The number of thiophene rings is 1. The van der Waals surface area contributed by atoms with Gasteiger partial charge < -0.3 is 5.32 Å². The van der Waals surface area contributed by atoms with Crippen LogP contribution in [-0.4, -0.2) is 9.97 Å². The standard InChI is InChI=1S/C14H16N4S/c1-3-5-12(13-6-4-7-19-13)18-14-16-10(2)8-11(9-15)17-14/h4,6-8,12H,3,5H2,1-2H3,(H,16,17,18). The Bertz CT molecular complexity index is 572. The highest BCUT2D eigenvalue weighted by Gasteiger charge is 2.13. The Morgan fingerprint density at radius 1 is 1.47 bits per heavy atom. The van der Waals surface area contributed by atoms with Crippen LogP contribution in [0.15, 0.2) is 23.6 Å². The van der Waals surface area contributed by atoms with E-state index in [-0.39, 0.29) is 6.04 Å². The van der Waals surface area contributed by atoms with Gasteiger partial charge in [0.15, 0.2) is 0 Å². The number of nitriles is 1. The zero-order valence-corrected chi connectivity index (χ0v) is 11.9. The minimum atomic E-state index is 0.207. The predicted octanol–water partition coefficient (Wildman–Crippen LogP) is 3.67. The highest BCUT2D eigenvalue weighted by molar-refractivity contribution is 7.10. The zero-order chi connectivity index (χ0) is 13.7. The number of hydrogen-bond acceptors (Lipinski definition) is 5. The number of rotatable bonds is 5. The number of nitrogens with zero attached hydrogens (tertiary/aromatic N) is 3. The smallest absolute Gasteiger partial charge is 0.224 e. The Kier molecular flexibility index (Phi) is 4.48. The van der Waals surface area contributed by atoms with Gasteiger partial charge in [-0.25, -0.2) is 9.97 Å². The average Bonchev–Trinajstić information content (AvgIpc) is 2.91. The van der Waals surface area contributed by atoms with E-state index >= 15 is 0 Å². The molecule has 0 amide bonds. The molecule has 0 aliphatic carbocycles. The van der Waals surface area contributed by atoms with E-state index < -0.39 is 0 Å². The molecule has 0 spiro atoms. The third-order valence-corrected chi connectivity index (χ3v) is 3.72. The Morgan fingerprint density at radius 3 is 2.95 bits per heavy atom. The summed E-state index contributed by atoms with van der Waals surface area (Å²) in [6.07, 6.45) is 2.09. The van der Waals surface area contributed by atoms with Crippen LogP contribution >= 0.6 is 11.3 Å². The van der Waals surface area contributed by atoms with E-state index in [1.165, 1.54) is 4.88 Å². The van der Waals surface area contributed by atoms with Gasteiger partial charge in [-0.15, -0.1) is 11.3 Å². The van der Waals surface area contributed by atoms with E-state index in [4.69, 9.17) is 5.26 Å². The minimum absolute atomic E-state index is 0.207. The molecule has 4 nitrogen and oxygen atoms in total. The molecular weight excluding hydrogens is 256 g/mol. The zero-order valence-electron chi connectivity index (χ0n) is 11.1. The summed E-state index contributed by atoms with van der Waals surface area (Å²) >= 11 is 1.72. The average molecular weight is 272 g/mol. The van der Waals surface area contributed by atoms with Crippen molar-refractivity contribution in [3.05, 3.63) is 39.8 Å². The summed E-state index contributed by atoms with van der Waals surface area (Å²) in [6, 6.07) is 8.11. The van der Waals surface area contributed by atoms with Gasteiger partial charge in [0.2, 0.25) is 5.95 Å². The summed E-state index contributed by atoms with van der Waals surface area (Å²) in [5.41, 5.74) is 1.20. The minimum Gasteiger partial charge on any atom is -0.347 e. The van der Waals surface area contributed by atoms with Crippen LogP contribution < -0.4 is 5.32 Å². The van der Waals surface area contributed by atoms with E-state index in [2.05, 4.69) is 39.7 Å². The molecule has 0 aliphatic heterocycles. The van der Waals surface area contributed by atoms with Crippen molar-refractivity contribution >= 4 is 17.3 Å². The first kappa shape index (κ1) is 13.5. The molecule has 19 heavy (non-hydrogen) atoms. The monoisotopic (exact) mass is 272 g/mol. The van der Waals surface area contributed by atoms with Crippen LogP contribution in [0.3, 0.4) is 0 Å². The van der Waals surface area contributed by atoms with E-state index in [0.29, 0.717) is 11.6 Å². The second-order valence-corrected chi connectivity index (χ2v) is 5.31. The molecule has 2 aromatic heterocycles. The van der Waals surface area contributed by atoms with Crippen molar-refractivity contribution in [3.8, 4) is 6.07 Å². The number of hydrogen-bond donors (Lipinski definition) is 1. The van der Waals surface area contributed by atoms with Crippen LogP contribution in [-0.2, 0) is 0 Å². The Morgan fingerprint density at radius 2 is 2.32 bits per heavy atom. The van der Waals surface area contributed by atoms with Crippen molar-refractivity contribution in [3.63, 3.8) is 0 Å². The van der Waals surface area contributed by atoms with E-state index in [1.807, 2.05) is 13.0 Å².